The first-order chi connectivity index (χ1) is 18.9. The van der Waals surface area contributed by atoms with Gasteiger partial charge in [0.25, 0.3) is 5.91 Å². The fourth-order valence-corrected chi connectivity index (χ4v) is 6.35. The molecule has 2 heterocycles. The molecule has 1 aliphatic heterocycles. The molecule has 1 saturated heterocycles. The molecule has 208 valence electrons. The molecule has 0 aliphatic carbocycles. The van der Waals surface area contributed by atoms with Crippen LogP contribution in [-0.2, 0) is 10.0 Å². The van der Waals surface area contributed by atoms with Crippen LogP contribution in [0.15, 0.2) is 65.8 Å². The van der Waals surface area contributed by atoms with E-state index in [1.807, 2.05) is 32.9 Å². The Kier molecular flexibility index (Phi) is 9.42. The number of carbonyl (C=O) groups excluding carboxylic acids is 1. The van der Waals surface area contributed by atoms with Gasteiger partial charge in [0.15, 0.2) is 11.5 Å². The third kappa shape index (κ3) is 6.51. The first-order valence-corrected chi connectivity index (χ1v) is 14.7. The molecule has 0 unspecified atom stereocenters. The van der Waals surface area contributed by atoms with Gasteiger partial charge in [0.05, 0.1) is 30.8 Å². The Morgan fingerprint density at radius 1 is 0.974 bits per heavy atom. The van der Waals surface area contributed by atoms with Crippen molar-refractivity contribution >= 4 is 21.6 Å². The third-order valence-corrected chi connectivity index (χ3v) is 8.34. The summed E-state index contributed by atoms with van der Waals surface area (Å²) in [5.74, 6) is 0.904. The highest BCUT2D eigenvalue weighted by Gasteiger charge is 2.34. The zero-order valence-corrected chi connectivity index (χ0v) is 23.4. The largest absolute Gasteiger partial charge is 0.490 e. The normalized spacial score (nSPS) is 15.9. The van der Waals surface area contributed by atoms with Crippen molar-refractivity contribution in [2.75, 3.05) is 31.7 Å². The number of ether oxygens (including phenoxy) is 3. The minimum atomic E-state index is -3.75. The number of hydrogen-bond donors (Lipinski definition) is 1. The number of anilines is 1. The molecule has 10 heteroatoms. The van der Waals surface area contributed by atoms with Crippen LogP contribution in [0.3, 0.4) is 0 Å². The van der Waals surface area contributed by atoms with Crippen molar-refractivity contribution in [2.24, 2.45) is 0 Å². The monoisotopic (exact) mass is 553 g/mol. The Morgan fingerprint density at radius 2 is 1.64 bits per heavy atom. The lowest BCUT2D eigenvalue weighted by molar-refractivity contribution is 0.102. The molecule has 0 spiro atoms. The second kappa shape index (κ2) is 12.9. The Bertz CT molecular complexity index is 1340. The molecule has 39 heavy (non-hydrogen) atoms. The first-order valence-electron chi connectivity index (χ1n) is 13.3. The Labute approximate surface area is 230 Å². The molecule has 1 amide bonds. The lowest BCUT2D eigenvalue weighted by Crippen LogP contribution is -2.38. The standard InChI is InChI=1S/C29H35N3O6S/c1-4-36-26-18-22(19-27(37-5-2)28(26)38-6-3)29(33)31-23-12-14-24(15-13-23)39(34,35)32-17-8-7-11-25(32)21-10-9-16-30-20-21/h9-10,12-16,18-20,25H,4-8,11,17H2,1-3H3,(H,31,33)/t25-/m1/s1. The fraction of sp³-hybridized carbons (Fsp3) is 0.379. The summed E-state index contributed by atoms with van der Waals surface area (Å²) in [7, 11) is -3.75. The Hall–Kier alpha value is -3.63. The van der Waals surface area contributed by atoms with E-state index < -0.39 is 10.0 Å². The molecule has 1 aliphatic rings. The SMILES string of the molecule is CCOc1cc(C(=O)Nc2ccc(S(=O)(=O)N3CCCC[C@@H]3c3cccnc3)cc2)cc(OCC)c1OCC. The average molecular weight is 554 g/mol. The van der Waals surface area contributed by atoms with Crippen LogP contribution >= 0.6 is 0 Å². The van der Waals surface area contributed by atoms with Crippen molar-refractivity contribution in [2.45, 2.75) is 51.0 Å². The van der Waals surface area contributed by atoms with Gasteiger partial charge < -0.3 is 19.5 Å². The topological polar surface area (TPSA) is 107 Å². The number of rotatable bonds is 11. The van der Waals surface area contributed by atoms with E-state index in [-0.39, 0.29) is 16.8 Å². The predicted octanol–water partition coefficient (Wildman–Crippen LogP) is 5.45. The minimum absolute atomic E-state index is 0.176. The van der Waals surface area contributed by atoms with Crippen LogP contribution in [0.1, 0.15) is 62.0 Å². The summed E-state index contributed by atoms with van der Waals surface area (Å²) in [4.78, 5) is 17.5. The summed E-state index contributed by atoms with van der Waals surface area (Å²) in [6.45, 7) is 7.21. The molecule has 1 fully saturated rings. The molecule has 0 radical (unpaired) electrons. The van der Waals surface area contributed by atoms with E-state index in [0.717, 1.165) is 24.8 Å². The first kappa shape index (κ1) is 28.4. The smallest absolute Gasteiger partial charge is 0.255 e. The Morgan fingerprint density at radius 3 is 2.23 bits per heavy atom. The van der Waals surface area contributed by atoms with Crippen LogP contribution < -0.4 is 19.5 Å². The van der Waals surface area contributed by atoms with Crippen LogP contribution in [0.4, 0.5) is 5.69 Å². The minimum Gasteiger partial charge on any atom is -0.490 e. The molecule has 2 aromatic carbocycles. The van der Waals surface area contributed by atoms with E-state index in [1.54, 1.807) is 41.0 Å². The van der Waals surface area contributed by atoms with Crippen LogP contribution in [0.5, 0.6) is 17.2 Å². The lowest BCUT2D eigenvalue weighted by Gasteiger charge is -2.34. The summed E-state index contributed by atoms with van der Waals surface area (Å²) < 4.78 is 45.9. The van der Waals surface area contributed by atoms with Crippen molar-refractivity contribution in [1.29, 1.82) is 0 Å². The number of benzene rings is 2. The number of nitrogens with one attached hydrogen (secondary N) is 1. The van der Waals surface area contributed by atoms with E-state index >= 15 is 0 Å². The molecule has 3 aromatic rings. The Balaban J connectivity index is 1.54. The summed E-state index contributed by atoms with van der Waals surface area (Å²) >= 11 is 0. The molecular weight excluding hydrogens is 518 g/mol. The predicted molar refractivity (Wildman–Crippen MR) is 149 cm³/mol. The zero-order chi connectivity index (χ0) is 27.8. The lowest BCUT2D eigenvalue weighted by atomic mass is 9.99. The van der Waals surface area contributed by atoms with Crippen molar-refractivity contribution in [3.8, 4) is 17.2 Å². The highest BCUT2D eigenvalue weighted by molar-refractivity contribution is 7.89. The summed E-state index contributed by atoms with van der Waals surface area (Å²) in [5, 5.41) is 2.83. The van der Waals surface area contributed by atoms with Crippen molar-refractivity contribution < 1.29 is 27.4 Å². The highest BCUT2D eigenvalue weighted by Crippen LogP contribution is 2.39. The molecule has 1 N–H and O–H groups in total. The van der Waals surface area contributed by atoms with Gasteiger partial charge in [-0.3, -0.25) is 9.78 Å². The molecule has 1 atom stereocenters. The average Bonchev–Trinajstić information content (AvgIpc) is 2.95. The molecular formula is C29H35N3O6S. The van der Waals surface area contributed by atoms with Crippen LogP contribution in [0, 0.1) is 0 Å². The van der Waals surface area contributed by atoms with E-state index in [4.69, 9.17) is 14.2 Å². The van der Waals surface area contributed by atoms with E-state index in [2.05, 4.69) is 10.3 Å². The number of amides is 1. The van der Waals surface area contributed by atoms with Crippen molar-refractivity contribution in [3.05, 3.63) is 72.1 Å². The summed E-state index contributed by atoms with van der Waals surface area (Å²) in [5.41, 5.74) is 1.68. The number of nitrogens with zero attached hydrogens (tertiary/aromatic N) is 2. The highest BCUT2D eigenvalue weighted by atomic mass is 32.2. The molecule has 4 rings (SSSR count). The fourth-order valence-electron chi connectivity index (χ4n) is 4.67. The van der Waals surface area contributed by atoms with Gasteiger partial charge in [0.2, 0.25) is 15.8 Å². The van der Waals surface area contributed by atoms with Gasteiger partial charge in [-0.15, -0.1) is 0 Å². The molecule has 1 aromatic heterocycles. The van der Waals surface area contributed by atoms with Crippen LogP contribution in [0.25, 0.3) is 0 Å². The maximum absolute atomic E-state index is 13.6. The van der Waals surface area contributed by atoms with Gasteiger partial charge in [-0.05, 0) is 81.6 Å². The van der Waals surface area contributed by atoms with Gasteiger partial charge >= 0.3 is 0 Å². The van der Waals surface area contributed by atoms with Gasteiger partial charge in [0, 0.05) is 30.2 Å². The summed E-state index contributed by atoms with van der Waals surface area (Å²) in [6.07, 6.45) is 5.92. The maximum atomic E-state index is 13.6. The second-order valence-electron chi connectivity index (χ2n) is 8.99. The number of pyridine rings is 1. The number of aromatic nitrogens is 1. The van der Waals surface area contributed by atoms with Crippen molar-refractivity contribution in [1.82, 2.24) is 9.29 Å². The van der Waals surface area contributed by atoms with E-state index in [1.165, 1.54) is 12.1 Å². The van der Waals surface area contributed by atoms with E-state index in [9.17, 15) is 13.2 Å². The number of piperidine rings is 1. The maximum Gasteiger partial charge on any atom is 0.255 e. The van der Waals surface area contributed by atoms with Crippen LogP contribution in [0.2, 0.25) is 0 Å². The number of hydrogen-bond acceptors (Lipinski definition) is 7. The van der Waals surface area contributed by atoms with Gasteiger partial charge in [-0.1, -0.05) is 12.5 Å². The molecule has 0 bridgehead atoms. The number of carbonyl (C=O) groups is 1. The van der Waals surface area contributed by atoms with Gasteiger partial charge in [-0.2, -0.15) is 4.31 Å². The van der Waals surface area contributed by atoms with Gasteiger partial charge in [-0.25, -0.2) is 8.42 Å². The molecule has 9 nitrogen and oxygen atoms in total. The molecule has 0 saturated carbocycles. The van der Waals surface area contributed by atoms with Crippen LogP contribution in [-0.4, -0.2) is 50.0 Å². The van der Waals surface area contributed by atoms with Gasteiger partial charge in [0.1, 0.15) is 0 Å². The van der Waals surface area contributed by atoms with E-state index in [0.29, 0.717) is 54.9 Å². The quantitative estimate of drug-likeness (QED) is 0.337. The second-order valence-corrected chi connectivity index (χ2v) is 10.9. The number of sulfonamides is 1. The van der Waals surface area contributed by atoms with Crippen molar-refractivity contribution in [3.63, 3.8) is 0 Å². The zero-order valence-electron chi connectivity index (χ0n) is 22.6. The third-order valence-electron chi connectivity index (χ3n) is 6.41. The summed E-state index contributed by atoms with van der Waals surface area (Å²) in [6, 6.07) is 12.9.